The lowest BCUT2D eigenvalue weighted by atomic mass is 9.78. The van der Waals surface area contributed by atoms with Gasteiger partial charge in [-0.15, -0.1) is 0 Å². The van der Waals surface area contributed by atoms with Crippen molar-refractivity contribution >= 4 is 46.6 Å². The number of carbonyl (C=O) groups is 1. The summed E-state index contributed by atoms with van der Waals surface area (Å²) in [5.41, 5.74) is 5.04. The molecule has 0 spiro atoms. The van der Waals surface area contributed by atoms with E-state index in [0.29, 0.717) is 21.7 Å². The molecule has 1 aliphatic heterocycles. The Morgan fingerprint density at radius 2 is 2.00 bits per heavy atom. The van der Waals surface area contributed by atoms with Gasteiger partial charge in [0.1, 0.15) is 11.6 Å². The molecule has 1 unspecified atom stereocenters. The first kappa shape index (κ1) is 24.2. The van der Waals surface area contributed by atoms with Crippen LogP contribution in [0.5, 0.6) is 0 Å². The lowest BCUT2D eigenvalue weighted by molar-refractivity contribution is -0.112. The van der Waals surface area contributed by atoms with E-state index in [9.17, 15) is 10.1 Å². The van der Waals surface area contributed by atoms with Crippen LogP contribution in [0.25, 0.3) is 6.08 Å². The number of nitriles is 1. The molecule has 6 heteroatoms. The van der Waals surface area contributed by atoms with Gasteiger partial charge in [-0.1, -0.05) is 37.0 Å². The highest BCUT2D eigenvalue weighted by atomic mass is 35.5. The van der Waals surface area contributed by atoms with E-state index in [4.69, 9.17) is 23.2 Å². The Morgan fingerprint density at radius 3 is 2.62 bits per heavy atom. The second-order valence-electron chi connectivity index (χ2n) is 9.09. The number of nitrogens with one attached hydrogen (secondary N) is 1. The molecule has 1 atom stereocenters. The molecule has 0 radical (unpaired) electrons. The van der Waals surface area contributed by atoms with Crippen molar-refractivity contribution < 1.29 is 4.79 Å². The lowest BCUT2D eigenvalue weighted by Crippen LogP contribution is -2.48. The first-order valence-electron chi connectivity index (χ1n) is 10.9. The predicted molar refractivity (Wildman–Crippen MR) is 135 cm³/mol. The van der Waals surface area contributed by atoms with Gasteiger partial charge in [-0.05, 0) is 92.6 Å². The molecule has 1 N–H and O–H groups in total. The summed E-state index contributed by atoms with van der Waals surface area (Å²) in [4.78, 5) is 15.2. The third-order valence-corrected chi connectivity index (χ3v) is 6.80. The molecule has 4 nitrogen and oxygen atoms in total. The van der Waals surface area contributed by atoms with Crippen LogP contribution in [-0.2, 0) is 4.79 Å². The minimum absolute atomic E-state index is 0.0355. The number of fused-ring (bicyclic) bond motifs is 1. The van der Waals surface area contributed by atoms with E-state index in [-0.39, 0.29) is 11.1 Å². The Balaban J connectivity index is 1.96. The predicted octanol–water partition coefficient (Wildman–Crippen LogP) is 7.35. The van der Waals surface area contributed by atoms with E-state index in [1.165, 1.54) is 11.3 Å². The molecule has 0 bridgehead atoms. The number of rotatable bonds is 5. The minimum atomic E-state index is -0.482. The third kappa shape index (κ3) is 4.95. The fourth-order valence-electron chi connectivity index (χ4n) is 4.53. The summed E-state index contributed by atoms with van der Waals surface area (Å²) in [5, 5.41) is 13.1. The summed E-state index contributed by atoms with van der Waals surface area (Å²) < 4.78 is 0. The van der Waals surface area contributed by atoms with E-state index in [1.54, 1.807) is 24.3 Å². The number of hydrogen-bond donors (Lipinski definition) is 1. The van der Waals surface area contributed by atoms with Gasteiger partial charge in [-0.2, -0.15) is 5.26 Å². The van der Waals surface area contributed by atoms with E-state index in [0.717, 1.165) is 30.5 Å². The molecule has 3 rings (SSSR count). The van der Waals surface area contributed by atoms with E-state index >= 15 is 0 Å². The summed E-state index contributed by atoms with van der Waals surface area (Å²) in [6.07, 6.45) is 3.79. The molecular formula is C26H29Cl2N3O. The molecule has 0 saturated carbocycles. The Kier molecular flexibility index (Phi) is 7.22. The molecule has 2 aromatic rings. The monoisotopic (exact) mass is 469 g/mol. The van der Waals surface area contributed by atoms with Crippen molar-refractivity contribution in [2.75, 3.05) is 16.8 Å². The molecule has 168 valence electrons. The Bertz CT molecular complexity index is 1110. The van der Waals surface area contributed by atoms with Crippen LogP contribution in [0, 0.1) is 18.3 Å². The standard InChI is InChI=1S/C26H29Cl2N3O/c1-6-9-31-24-10-16(2)18(12-21(24)17(3)14-26(31,4)5)11-19(15-29)25(32)30-20-7-8-22(27)23(28)13-20/h7-8,10-13,17H,6,9,14H2,1-5H3,(H,30,32)/b19-11+. The highest BCUT2D eigenvalue weighted by Crippen LogP contribution is 2.44. The average molecular weight is 470 g/mol. The number of benzene rings is 2. The van der Waals surface area contributed by atoms with Crippen LogP contribution in [-0.4, -0.2) is 18.0 Å². The van der Waals surface area contributed by atoms with Gasteiger partial charge in [0.05, 0.1) is 10.0 Å². The van der Waals surface area contributed by atoms with Gasteiger partial charge in [-0.25, -0.2) is 0 Å². The van der Waals surface area contributed by atoms with Crippen LogP contribution < -0.4 is 10.2 Å². The number of amides is 1. The number of halogens is 2. The molecule has 1 heterocycles. The van der Waals surface area contributed by atoms with Gasteiger partial charge in [0.25, 0.3) is 5.91 Å². The van der Waals surface area contributed by atoms with Gasteiger partial charge >= 0.3 is 0 Å². The fraction of sp³-hybridized carbons (Fsp3) is 0.385. The molecule has 32 heavy (non-hydrogen) atoms. The second-order valence-corrected chi connectivity index (χ2v) is 9.90. The molecule has 0 aromatic heterocycles. The summed E-state index contributed by atoms with van der Waals surface area (Å²) >= 11 is 12.0. The summed E-state index contributed by atoms with van der Waals surface area (Å²) in [6.45, 7) is 12.1. The van der Waals surface area contributed by atoms with Gasteiger partial charge in [0, 0.05) is 23.5 Å². The average Bonchev–Trinajstić information content (AvgIpc) is 2.72. The maximum Gasteiger partial charge on any atom is 0.266 e. The van der Waals surface area contributed by atoms with Crippen molar-refractivity contribution in [2.45, 2.75) is 58.9 Å². The van der Waals surface area contributed by atoms with Gasteiger partial charge in [0.2, 0.25) is 0 Å². The lowest BCUT2D eigenvalue weighted by Gasteiger charge is -2.48. The number of anilines is 2. The SMILES string of the molecule is CCCN1c2cc(C)c(/C=C(\C#N)C(=O)Nc3ccc(Cl)c(Cl)c3)cc2C(C)CC1(C)C. The molecule has 1 amide bonds. The summed E-state index contributed by atoms with van der Waals surface area (Å²) in [5.74, 6) is -0.0961. The molecule has 1 aliphatic rings. The number of nitrogens with zero attached hydrogens (tertiary/aromatic N) is 2. The van der Waals surface area contributed by atoms with E-state index < -0.39 is 5.91 Å². The molecular weight excluding hydrogens is 441 g/mol. The first-order chi connectivity index (χ1) is 15.1. The smallest absolute Gasteiger partial charge is 0.266 e. The molecule has 0 aliphatic carbocycles. The van der Waals surface area contributed by atoms with Crippen molar-refractivity contribution in [3.8, 4) is 6.07 Å². The second kappa shape index (κ2) is 9.57. The van der Waals surface area contributed by atoms with Crippen molar-refractivity contribution in [1.29, 1.82) is 5.26 Å². The maximum atomic E-state index is 12.7. The van der Waals surface area contributed by atoms with Gasteiger partial charge in [-0.3, -0.25) is 4.79 Å². The van der Waals surface area contributed by atoms with Crippen LogP contribution in [0.15, 0.2) is 35.9 Å². The number of aryl methyl sites for hydroxylation is 1. The largest absolute Gasteiger partial charge is 0.366 e. The Morgan fingerprint density at radius 1 is 1.28 bits per heavy atom. The molecule has 0 fully saturated rings. The zero-order valence-electron chi connectivity index (χ0n) is 19.2. The topological polar surface area (TPSA) is 56.1 Å². The van der Waals surface area contributed by atoms with Crippen LogP contribution in [0.1, 0.15) is 63.1 Å². The van der Waals surface area contributed by atoms with E-state index in [1.807, 2.05) is 13.0 Å². The van der Waals surface area contributed by atoms with Crippen LogP contribution in [0.2, 0.25) is 10.0 Å². The highest BCUT2D eigenvalue weighted by molar-refractivity contribution is 6.42. The third-order valence-electron chi connectivity index (χ3n) is 6.06. The quantitative estimate of drug-likeness (QED) is 0.367. The molecule has 0 saturated heterocycles. The van der Waals surface area contributed by atoms with E-state index in [2.05, 4.69) is 50.0 Å². The van der Waals surface area contributed by atoms with Crippen molar-refractivity contribution in [1.82, 2.24) is 0 Å². The normalized spacial score (nSPS) is 17.5. The minimum Gasteiger partial charge on any atom is -0.366 e. The summed E-state index contributed by atoms with van der Waals surface area (Å²) in [6, 6.07) is 11.2. The van der Waals surface area contributed by atoms with Crippen molar-refractivity contribution in [3.05, 3.63) is 62.6 Å². The van der Waals surface area contributed by atoms with Gasteiger partial charge < -0.3 is 10.2 Å². The van der Waals surface area contributed by atoms with Crippen molar-refractivity contribution in [2.24, 2.45) is 0 Å². The Labute approximate surface area is 200 Å². The fourth-order valence-corrected chi connectivity index (χ4v) is 4.83. The van der Waals surface area contributed by atoms with Crippen LogP contribution in [0.4, 0.5) is 11.4 Å². The van der Waals surface area contributed by atoms with Gasteiger partial charge in [0.15, 0.2) is 0 Å². The highest BCUT2D eigenvalue weighted by Gasteiger charge is 2.36. The Hall–Kier alpha value is -2.48. The van der Waals surface area contributed by atoms with Crippen LogP contribution >= 0.6 is 23.2 Å². The zero-order valence-corrected chi connectivity index (χ0v) is 20.7. The maximum absolute atomic E-state index is 12.7. The van der Waals surface area contributed by atoms with Crippen LogP contribution in [0.3, 0.4) is 0 Å². The number of hydrogen-bond acceptors (Lipinski definition) is 3. The summed E-state index contributed by atoms with van der Waals surface area (Å²) in [7, 11) is 0. The zero-order chi connectivity index (χ0) is 23.6. The number of carbonyl (C=O) groups excluding carboxylic acids is 1. The molecule has 2 aromatic carbocycles. The van der Waals surface area contributed by atoms with Crippen molar-refractivity contribution in [3.63, 3.8) is 0 Å². The first-order valence-corrected chi connectivity index (χ1v) is 11.6.